The summed E-state index contributed by atoms with van der Waals surface area (Å²) in [5.41, 5.74) is 1.69. The van der Waals surface area contributed by atoms with Crippen LogP contribution >= 0.6 is 23.6 Å². The van der Waals surface area contributed by atoms with Crippen LogP contribution in [-0.2, 0) is 17.6 Å². The van der Waals surface area contributed by atoms with Gasteiger partial charge >= 0.3 is 0 Å². The fourth-order valence-corrected chi connectivity index (χ4v) is 4.68. The van der Waals surface area contributed by atoms with Crippen LogP contribution in [0.15, 0.2) is 4.99 Å². The van der Waals surface area contributed by atoms with Crippen LogP contribution in [0, 0.1) is 11.8 Å². The van der Waals surface area contributed by atoms with Crippen LogP contribution in [-0.4, -0.2) is 29.6 Å². The van der Waals surface area contributed by atoms with E-state index in [1.54, 1.807) is 11.3 Å². The Morgan fingerprint density at radius 2 is 2.04 bits per heavy atom. The highest BCUT2D eigenvalue weighted by molar-refractivity contribution is 7.78. The van der Waals surface area contributed by atoms with Crippen LogP contribution in [0.4, 0.5) is 5.00 Å². The third kappa shape index (κ3) is 3.84. The predicted molar refractivity (Wildman–Crippen MR) is 102 cm³/mol. The van der Waals surface area contributed by atoms with Gasteiger partial charge in [0, 0.05) is 17.3 Å². The molecular formula is C18H21N3O2S2. The number of aryl methyl sites for hydroxylation is 1. The summed E-state index contributed by atoms with van der Waals surface area (Å²) in [4.78, 5) is 30.5. The summed E-state index contributed by atoms with van der Waals surface area (Å²) >= 11 is 6.29. The fraction of sp³-hybridized carbons (Fsp3) is 0.611. The number of thiophene rings is 1. The Morgan fingerprint density at radius 1 is 1.24 bits per heavy atom. The number of thiocarbonyl (C=S) groups is 1. The van der Waals surface area contributed by atoms with Gasteiger partial charge in [0.25, 0.3) is 5.91 Å². The first-order valence-electron chi connectivity index (χ1n) is 8.96. The van der Waals surface area contributed by atoms with Crippen molar-refractivity contribution >= 4 is 45.5 Å². The quantitative estimate of drug-likeness (QED) is 0.592. The molecule has 3 aliphatic carbocycles. The third-order valence-corrected chi connectivity index (χ3v) is 6.44. The lowest BCUT2D eigenvalue weighted by Crippen LogP contribution is -2.28. The zero-order valence-electron chi connectivity index (χ0n) is 14.0. The number of isothiocyanates is 1. The number of aliphatic imine (C=N–C) groups is 1. The van der Waals surface area contributed by atoms with Gasteiger partial charge in [-0.05, 0) is 68.6 Å². The summed E-state index contributed by atoms with van der Waals surface area (Å²) in [5, 5.41) is 9.24. The Kier molecular flexibility index (Phi) is 4.71. The summed E-state index contributed by atoms with van der Waals surface area (Å²) in [5.74, 6) is 0.717. The third-order valence-electron chi connectivity index (χ3n) is 5.13. The van der Waals surface area contributed by atoms with Gasteiger partial charge < -0.3 is 10.6 Å². The summed E-state index contributed by atoms with van der Waals surface area (Å²) < 4.78 is 0. The second kappa shape index (κ2) is 6.98. The Balaban J connectivity index is 1.61. The van der Waals surface area contributed by atoms with E-state index in [1.807, 2.05) is 0 Å². The molecule has 4 rings (SSSR count). The second-order valence-electron chi connectivity index (χ2n) is 7.24. The molecule has 3 aliphatic rings. The number of hydrogen-bond donors (Lipinski definition) is 2. The van der Waals surface area contributed by atoms with Crippen LogP contribution in [0.2, 0.25) is 0 Å². The van der Waals surface area contributed by atoms with E-state index < -0.39 is 0 Å². The molecule has 5 nitrogen and oxygen atoms in total. The van der Waals surface area contributed by atoms with E-state index in [4.69, 9.17) is 12.2 Å². The van der Waals surface area contributed by atoms with Crippen molar-refractivity contribution in [3.8, 4) is 0 Å². The number of carbonyl (C=O) groups excluding carboxylic acids is 2. The molecule has 1 unspecified atom stereocenters. The van der Waals surface area contributed by atoms with Gasteiger partial charge in [0.05, 0.1) is 16.8 Å². The van der Waals surface area contributed by atoms with Crippen molar-refractivity contribution in [3.63, 3.8) is 0 Å². The monoisotopic (exact) mass is 375 g/mol. The van der Waals surface area contributed by atoms with Crippen molar-refractivity contribution in [2.45, 2.75) is 51.0 Å². The molecule has 0 radical (unpaired) electrons. The molecule has 1 aromatic heterocycles. The minimum absolute atomic E-state index is 0.0447. The van der Waals surface area contributed by atoms with Gasteiger partial charge in [-0.3, -0.25) is 9.59 Å². The summed E-state index contributed by atoms with van der Waals surface area (Å²) in [6.07, 6.45) is 6.76. The first-order valence-corrected chi connectivity index (χ1v) is 10.2. The number of amides is 2. The molecule has 1 aromatic rings. The normalized spacial score (nSPS) is 21.8. The maximum absolute atomic E-state index is 12.8. The fourth-order valence-electron chi connectivity index (χ4n) is 3.29. The van der Waals surface area contributed by atoms with E-state index in [0.717, 1.165) is 37.8 Å². The van der Waals surface area contributed by atoms with E-state index in [0.29, 0.717) is 22.9 Å². The molecule has 0 aromatic carbocycles. The lowest BCUT2D eigenvalue weighted by Gasteiger charge is -2.18. The van der Waals surface area contributed by atoms with Crippen LogP contribution in [0.1, 0.15) is 52.9 Å². The molecule has 0 saturated heterocycles. The molecule has 0 spiro atoms. The van der Waals surface area contributed by atoms with Gasteiger partial charge in [-0.25, -0.2) is 4.99 Å². The molecule has 0 bridgehead atoms. The number of carbonyl (C=O) groups is 2. The summed E-state index contributed by atoms with van der Waals surface area (Å²) in [6, 6.07) is 0.0848. The topological polar surface area (TPSA) is 70.6 Å². The van der Waals surface area contributed by atoms with Crippen molar-refractivity contribution in [2.24, 2.45) is 16.8 Å². The van der Waals surface area contributed by atoms with E-state index in [9.17, 15) is 9.59 Å². The number of fused-ring (bicyclic) bond motifs is 1. The molecule has 0 aliphatic heterocycles. The molecule has 2 saturated carbocycles. The predicted octanol–water partition coefficient (Wildman–Crippen LogP) is 3.20. The number of rotatable bonds is 6. The number of anilines is 1. The lowest BCUT2D eigenvalue weighted by atomic mass is 9.91. The van der Waals surface area contributed by atoms with Gasteiger partial charge in [-0.15, -0.1) is 11.3 Å². The van der Waals surface area contributed by atoms with Crippen molar-refractivity contribution < 1.29 is 9.59 Å². The van der Waals surface area contributed by atoms with Crippen LogP contribution in [0.3, 0.4) is 0 Å². The van der Waals surface area contributed by atoms with Crippen molar-refractivity contribution in [3.05, 3.63) is 16.0 Å². The Hall–Kier alpha value is -1.56. The SMILES string of the molecule is O=C(NCC1CC1)c1c(NC(=O)C2CC2)sc2c1CC(N=C=S)CC2. The van der Waals surface area contributed by atoms with Crippen molar-refractivity contribution in [1.82, 2.24) is 5.32 Å². The minimum Gasteiger partial charge on any atom is -0.352 e. The van der Waals surface area contributed by atoms with E-state index in [2.05, 4.69) is 20.8 Å². The van der Waals surface area contributed by atoms with E-state index in [-0.39, 0.29) is 23.8 Å². The van der Waals surface area contributed by atoms with Crippen LogP contribution in [0.25, 0.3) is 0 Å². The van der Waals surface area contributed by atoms with E-state index in [1.165, 1.54) is 17.7 Å². The van der Waals surface area contributed by atoms with Crippen molar-refractivity contribution in [1.29, 1.82) is 0 Å². The zero-order valence-corrected chi connectivity index (χ0v) is 15.6. The molecule has 132 valence electrons. The number of nitrogens with one attached hydrogen (secondary N) is 2. The molecule has 25 heavy (non-hydrogen) atoms. The average Bonchev–Trinajstić information content (AvgIpc) is 3.49. The number of hydrogen-bond acceptors (Lipinski definition) is 5. The first kappa shape index (κ1) is 16.9. The Labute approximate surface area is 156 Å². The molecule has 7 heteroatoms. The zero-order chi connectivity index (χ0) is 17.4. The smallest absolute Gasteiger partial charge is 0.254 e. The van der Waals surface area contributed by atoms with Crippen LogP contribution in [0.5, 0.6) is 0 Å². The highest BCUT2D eigenvalue weighted by Crippen LogP contribution is 2.40. The molecular weight excluding hydrogens is 354 g/mol. The van der Waals surface area contributed by atoms with E-state index >= 15 is 0 Å². The van der Waals surface area contributed by atoms with Gasteiger partial charge in [-0.1, -0.05) is 0 Å². The summed E-state index contributed by atoms with van der Waals surface area (Å²) in [7, 11) is 0. The Morgan fingerprint density at radius 3 is 2.72 bits per heavy atom. The van der Waals surface area contributed by atoms with Crippen molar-refractivity contribution in [2.75, 3.05) is 11.9 Å². The largest absolute Gasteiger partial charge is 0.352 e. The second-order valence-corrected chi connectivity index (χ2v) is 8.53. The number of nitrogens with zero attached hydrogens (tertiary/aromatic N) is 1. The molecule has 2 fully saturated rings. The highest BCUT2D eigenvalue weighted by Gasteiger charge is 2.34. The maximum atomic E-state index is 12.8. The molecule has 2 amide bonds. The van der Waals surface area contributed by atoms with Gasteiger partial charge in [0.1, 0.15) is 5.00 Å². The minimum atomic E-state index is -0.0671. The Bertz CT molecular complexity index is 759. The van der Waals surface area contributed by atoms with Crippen LogP contribution < -0.4 is 10.6 Å². The van der Waals surface area contributed by atoms with Gasteiger partial charge in [-0.2, -0.15) is 0 Å². The highest BCUT2D eigenvalue weighted by atomic mass is 32.1. The van der Waals surface area contributed by atoms with Gasteiger partial charge in [0.2, 0.25) is 5.91 Å². The first-order chi connectivity index (χ1) is 12.2. The summed E-state index contributed by atoms with van der Waals surface area (Å²) in [6.45, 7) is 0.723. The molecule has 1 atom stereocenters. The van der Waals surface area contributed by atoms with Gasteiger partial charge in [0.15, 0.2) is 0 Å². The average molecular weight is 376 g/mol. The molecule has 1 heterocycles. The molecule has 2 N–H and O–H groups in total. The standard InChI is InChI=1S/C18H21N3O2S2/c22-16(11-3-4-11)21-18-15(17(23)19-8-10-1-2-10)13-7-12(20-9-24)5-6-14(13)25-18/h10-12H,1-8H2,(H,19,23)(H,21,22). The maximum Gasteiger partial charge on any atom is 0.254 e. The lowest BCUT2D eigenvalue weighted by molar-refractivity contribution is -0.117.